The molecule has 1 rings (SSSR count). The first kappa shape index (κ1) is 14.5. The average Bonchev–Trinajstić information content (AvgIpc) is 2.29. The van der Waals surface area contributed by atoms with Crippen LogP contribution < -0.4 is 0 Å². The van der Waals surface area contributed by atoms with Crippen molar-refractivity contribution >= 4 is 15.9 Å². The van der Waals surface area contributed by atoms with Crippen LogP contribution in [0.25, 0.3) is 0 Å². The van der Waals surface area contributed by atoms with E-state index in [1.165, 1.54) is 19.3 Å². The zero-order valence-electron chi connectivity index (χ0n) is 10.7. The van der Waals surface area contributed by atoms with Gasteiger partial charge in [-0.25, -0.2) is 0 Å². The van der Waals surface area contributed by atoms with E-state index in [0.717, 1.165) is 18.4 Å². The molecule has 96 valence electrons. The van der Waals surface area contributed by atoms with E-state index in [2.05, 4.69) is 29.8 Å². The van der Waals surface area contributed by atoms with Gasteiger partial charge < -0.3 is 9.47 Å². The van der Waals surface area contributed by atoms with Gasteiger partial charge >= 0.3 is 0 Å². The van der Waals surface area contributed by atoms with Crippen molar-refractivity contribution < 1.29 is 9.47 Å². The van der Waals surface area contributed by atoms with Crippen molar-refractivity contribution in [1.82, 2.24) is 0 Å². The zero-order valence-corrected chi connectivity index (χ0v) is 12.3. The van der Waals surface area contributed by atoms with Gasteiger partial charge in [0, 0.05) is 12.4 Å². The molecule has 3 heteroatoms. The number of hydrogen-bond acceptors (Lipinski definition) is 2. The molecule has 0 amide bonds. The molecular weight excluding hydrogens is 268 g/mol. The van der Waals surface area contributed by atoms with Crippen molar-refractivity contribution in [3.8, 4) is 0 Å². The molecule has 1 saturated carbocycles. The summed E-state index contributed by atoms with van der Waals surface area (Å²) in [4.78, 5) is 0. The maximum Gasteiger partial charge on any atom is 0.0600 e. The van der Waals surface area contributed by atoms with Gasteiger partial charge in [-0.1, -0.05) is 29.8 Å². The Bertz CT molecular complexity index is 185. The molecule has 3 unspecified atom stereocenters. The minimum atomic E-state index is 0.416. The second kappa shape index (κ2) is 7.67. The summed E-state index contributed by atoms with van der Waals surface area (Å²) < 4.78 is 11.4. The maximum absolute atomic E-state index is 6.02. The fraction of sp³-hybridized carbons (Fsp3) is 1.00. The van der Waals surface area contributed by atoms with Crippen LogP contribution in [0, 0.1) is 11.8 Å². The fourth-order valence-electron chi connectivity index (χ4n) is 2.14. The van der Waals surface area contributed by atoms with Gasteiger partial charge in [0.05, 0.1) is 18.8 Å². The molecule has 1 fully saturated rings. The topological polar surface area (TPSA) is 18.5 Å². The van der Waals surface area contributed by atoms with E-state index >= 15 is 0 Å². The Labute approximate surface area is 108 Å². The molecule has 0 aromatic carbocycles. The van der Waals surface area contributed by atoms with Gasteiger partial charge in [-0.05, 0) is 37.5 Å². The van der Waals surface area contributed by atoms with Crippen molar-refractivity contribution in [3.63, 3.8) is 0 Å². The molecule has 2 nitrogen and oxygen atoms in total. The van der Waals surface area contributed by atoms with Crippen LogP contribution in [-0.2, 0) is 9.47 Å². The Morgan fingerprint density at radius 2 is 1.94 bits per heavy atom. The summed E-state index contributed by atoms with van der Waals surface area (Å²) in [6.45, 7) is 5.40. The highest BCUT2D eigenvalue weighted by Crippen LogP contribution is 2.24. The molecule has 0 aromatic heterocycles. The summed E-state index contributed by atoms with van der Waals surface area (Å²) in [6, 6.07) is 0. The lowest BCUT2D eigenvalue weighted by atomic mass is 9.94. The summed E-state index contributed by atoms with van der Waals surface area (Å²) in [7, 11) is 1.81. The van der Waals surface area contributed by atoms with Gasteiger partial charge in [-0.15, -0.1) is 0 Å². The monoisotopic (exact) mass is 292 g/mol. The minimum absolute atomic E-state index is 0.416. The number of halogens is 1. The second-order valence-corrected chi connectivity index (χ2v) is 5.79. The van der Waals surface area contributed by atoms with Crippen LogP contribution in [0.1, 0.15) is 39.5 Å². The van der Waals surface area contributed by atoms with Crippen LogP contribution in [0.15, 0.2) is 0 Å². The number of ether oxygens (including phenoxy) is 2. The first-order valence-corrected chi connectivity index (χ1v) is 7.49. The van der Waals surface area contributed by atoms with Gasteiger partial charge in [-0.3, -0.25) is 0 Å². The second-order valence-electron chi connectivity index (χ2n) is 5.14. The molecule has 0 aliphatic heterocycles. The first-order valence-electron chi connectivity index (χ1n) is 6.37. The summed E-state index contributed by atoms with van der Waals surface area (Å²) in [5, 5.41) is 1.03. The molecule has 1 aliphatic carbocycles. The molecule has 1 aliphatic rings. The number of alkyl halides is 1. The lowest BCUT2D eigenvalue weighted by Gasteiger charge is -2.30. The third-order valence-corrected chi connectivity index (χ3v) is 4.43. The van der Waals surface area contributed by atoms with Crippen LogP contribution >= 0.6 is 15.9 Å². The number of rotatable bonds is 6. The highest BCUT2D eigenvalue weighted by Gasteiger charge is 2.23. The lowest BCUT2D eigenvalue weighted by Crippen LogP contribution is -2.30. The Kier molecular flexibility index (Phi) is 6.94. The fourth-order valence-corrected chi connectivity index (χ4v) is 3.08. The van der Waals surface area contributed by atoms with Crippen LogP contribution in [0.4, 0.5) is 0 Å². The van der Waals surface area contributed by atoms with Crippen molar-refractivity contribution in [1.29, 1.82) is 0 Å². The van der Waals surface area contributed by atoms with Gasteiger partial charge in [0.25, 0.3) is 0 Å². The zero-order chi connectivity index (χ0) is 12.0. The predicted molar refractivity (Wildman–Crippen MR) is 71.1 cm³/mol. The Morgan fingerprint density at radius 3 is 2.50 bits per heavy atom. The standard InChI is InChI=1S/C13H25BrO2/c1-10(2)11(8-14)9-16-13-6-4-5-12(7-13)15-3/h10-13H,4-9H2,1-3H3. The SMILES string of the molecule is COC1CCCC(OCC(CBr)C(C)C)C1. The highest BCUT2D eigenvalue weighted by atomic mass is 79.9. The van der Waals surface area contributed by atoms with E-state index in [9.17, 15) is 0 Å². The Morgan fingerprint density at radius 1 is 1.25 bits per heavy atom. The van der Waals surface area contributed by atoms with E-state index in [0.29, 0.717) is 24.0 Å². The van der Waals surface area contributed by atoms with Crippen molar-refractivity contribution in [3.05, 3.63) is 0 Å². The third-order valence-electron chi connectivity index (χ3n) is 3.60. The summed E-state index contributed by atoms with van der Waals surface area (Å²) in [5.41, 5.74) is 0. The smallest absolute Gasteiger partial charge is 0.0600 e. The van der Waals surface area contributed by atoms with Crippen LogP contribution in [0.2, 0.25) is 0 Å². The van der Waals surface area contributed by atoms with E-state index in [-0.39, 0.29) is 0 Å². The quantitative estimate of drug-likeness (QED) is 0.696. The number of hydrogen-bond donors (Lipinski definition) is 0. The highest BCUT2D eigenvalue weighted by molar-refractivity contribution is 9.09. The van der Waals surface area contributed by atoms with Crippen molar-refractivity contribution in [2.45, 2.75) is 51.7 Å². The summed E-state index contributed by atoms with van der Waals surface area (Å²) in [6.07, 6.45) is 5.54. The normalized spacial score (nSPS) is 28.3. The lowest BCUT2D eigenvalue weighted by molar-refractivity contribution is -0.0416. The Balaban J connectivity index is 2.25. The molecule has 0 N–H and O–H groups in total. The third kappa shape index (κ3) is 4.72. The van der Waals surface area contributed by atoms with Crippen LogP contribution in [-0.4, -0.2) is 31.3 Å². The Hall–Kier alpha value is 0.400. The van der Waals surface area contributed by atoms with Crippen LogP contribution in [0.3, 0.4) is 0 Å². The summed E-state index contributed by atoms with van der Waals surface area (Å²) >= 11 is 3.56. The molecule has 16 heavy (non-hydrogen) atoms. The molecular formula is C13H25BrO2. The maximum atomic E-state index is 6.02. The van der Waals surface area contributed by atoms with Gasteiger partial charge in [0.2, 0.25) is 0 Å². The predicted octanol–water partition coefficient (Wildman–Crippen LogP) is 3.63. The van der Waals surface area contributed by atoms with E-state index in [4.69, 9.17) is 9.47 Å². The molecule has 3 atom stereocenters. The first-order chi connectivity index (χ1) is 7.67. The van der Waals surface area contributed by atoms with Crippen molar-refractivity contribution in [2.24, 2.45) is 11.8 Å². The molecule has 0 spiro atoms. The van der Waals surface area contributed by atoms with E-state index in [1.807, 2.05) is 7.11 Å². The molecule has 0 saturated heterocycles. The van der Waals surface area contributed by atoms with Gasteiger partial charge in [-0.2, -0.15) is 0 Å². The largest absolute Gasteiger partial charge is 0.381 e. The molecule has 0 heterocycles. The molecule has 0 radical (unpaired) electrons. The van der Waals surface area contributed by atoms with Crippen molar-refractivity contribution in [2.75, 3.05) is 19.0 Å². The van der Waals surface area contributed by atoms with E-state index in [1.54, 1.807) is 0 Å². The van der Waals surface area contributed by atoms with Gasteiger partial charge in [0.15, 0.2) is 0 Å². The minimum Gasteiger partial charge on any atom is -0.381 e. The molecule has 0 bridgehead atoms. The average molecular weight is 293 g/mol. The number of methoxy groups -OCH3 is 1. The summed E-state index contributed by atoms with van der Waals surface area (Å²) in [5.74, 6) is 1.31. The van der Waals surface area contributed by atoms with Gasteiger partial charge in [0.1, 0.15) is 0 Å². The van der Waals surface area contributed by atoms with Crippen LogP contribution in [0.5, 0.6) is 0 Å². The van der Waals surface area contributed by atoms with E-state index < -0.39 is 0 Å². The molecule has 0 aromatic rings.